The minimum absolute atomic E-state index is 0.0735. The SMILES string of the molecule is CNC1C(O)C(OC2C(N)CC(N)C(OC3OC(CN=C/C=C(\C)CC/C=C(\C)CCC=C(C)C)CCC3N)C2O)OCC1(C)O. The molecule has 0 aromatic carbocycles. The topological polar surface area (TPSA) is 200 Å². The Labute approximate surface area is 275 Å². The molecule has 0 spiro atoms. The summed E-state index contributed by atoms with van der Waals surface area (Å²) in [6.07, 6.45) is 8.01. The lowest BCUT2D eigenvalue weighted by atomic mass is 9.84. The summed E-state index contributed by atoms with van der Waals surface area (Å²) >= 11 is 0. The zero-order valence-electron chi connectivity index (χ0n) is 28.7. The zero-order valence-corrected chi connectivity index (χ0v) is 28.7. The maximum absolute atomic E-state index is 11.3. The van der Waals surface area contributed by atoms with Gasteiger partial charge in [-0.25, -0.2) is 0 Å². The molecule has 0 radical (unpaired) electrons. The van der Waals surface area contributed by atoms with Crippen molar-refractivity contribution >= 4 is 6.21 Å². The van der Waals surface area contributed by atoms with E-state index in [1.165, 1.54) is 16.7 Å². The number of nitrogens with zero attached hydrogens (tertiary/aromatic N) is 1. The summed E-state index contributed by atoms with van der Waals surface area (Å²) in [5.41, 5.74) is 21.8. The van der Waals surface area contributed by atoms with Crippen LogP contribution in [0, 0.1) is 0 Å². The van der Waals surface area contributed by atoms with Crippen molar-refractivity contribution in [1.82, 2.24) is 5.32 Å². The molecule has 12 atom stereocenters. The number of hydrogen-bond donors (Lipinski definition) is 7. The van der Waals surface area contributed by atoms with Gasteiger partial charge in [0.2, 0.25) is 0 Å². The molecule has 12 heteroatoms. The molecule has 3 rings (SSSR count). The molecular weight excluding hydrogens is 590 g/mol. The molecule has 0 bridgehead atoms. The van der Waals surface area contributed by atoms with Gasteiger partial charge in [-0.05, 0) is 92.7 Å². The number of aliphatic imine (C=N–C) groups is 1. The number of rotatable bonds is 14. The number of nitrogens with one attached hydrogen (secondary N) is 1. The van der Waals surface area contributed by atoms with Crippen LogP contribution in [0.2, 0.25) is 0 Å². The quantitative estimate of drug-likeness (QED) is 0.106. The van der Waals surface area contributed by atoms with Crippen molar-refractivity contribution in [2.24, 2.45) is 22.2 Å². The minimum Gasteiger partial charge on any atom is -0.388 e. The van der Waals surface area contributed by atoms with Crippen LogP contribution in [0.15, 0.2) is 39.9 Å². The van der Waals surface area contributed by atoms with E-state index >= 15 is 0 Å². The van der Waals surface area contributed by atoms with Crippen molar-refractivity contribution in [2.75, 3.05) is 20.2 Å². The molecule has 1 aliphatic carbocycles. The largest absolute Gasteiger partial charge is 0.388 e. The minimum atomic E-state index is -1.30. The van der Waals surface area contributed by atoms with Gasteiger partial charge in [0.1, 0.15) is 30.0 Å². The Balaban J connectivity index is 1.51. The lowest BCUT2D eigenvalue weighted by Crippen LogP contribution is -2.68. The third-order valence-electron chi connectivity index (χ3n) is 9.18. The second kappa shape index (κ2) is 18.3. The molecule has 264 valence electrons. The number of aliphatic hydroxyl groups excluding tert-OH is 2. The monoisotopic (exact) mass is 651 g/mol. The van der Waals surface area contributed by atoms with Crippen LogP contribution < -0.4 is 22.5 Å². The van der Waals surface area contributed by atoms with E-state index in [0.717, 1.165) is 32.1 Å². The van der Waals surface area contributed by atoms with Gasteiger partial charge in [-0.15, -0.1) is 0 Å². The van der Waals surface area contributed by atoms with Crippen LogP contribution in [0.4, 0.5) is 0 Å². The normalized spacial score (nSPS) is 39.5. The molecule has 12 nitrogen and oxygen atoms in total. The molecule has 2 saturated heterocycles. The molecule has 46 heavy (non-hydrogen) atoms. The summed E-state index contributed by atoms with van der Waals surface area (Å²) < 4.78 is 24.1. The van der Waals surface area contributed by atoms with Gasteiger partial charge in [0.05, 0.1) is 31.3 Å². The fraction of sp³-hybridized carbons (Fsp3) is 0.794. The van der Waals surface area contributed by atoms with E-state index in [2.05, 4.69) is 50.2 Å². The first-order valence-electron chi connectivity index (χ1n) is 16.8. The van der Waals surface area contributed by atoms with E-state index in [-0.39, 0.29) is 12.7 Å². The highest BCUT2D eigenvalue weighted by atomic mass is 16.7. The molecule has 10 N–H and O–H groups in total. The fourth-order valence-electron chi connectivity index (χ4n) is 6.33. The van der Waals surface area contributed by atoms with E-state index in [1.54, 1.807) is 14.0 Å². The van der Waals surface area contributed by atoms with Crippen molar-refractivity contribution < 1.29 is 34.3 Å². The maximum Gasteiger partial charge on any atom is 0.185 e. The van der Waals surface area contributed by atoms with Gasteiger partial charge in [-0.3, -0.25) is 4.99 Å². The molecule has 2 aliphatic heterocycles. The summed E-state index contributed by atoms with van der Waals surface area (Å²) in [6.45, 7) is 10.5. The predicted molar refractivity (Wildman–Crippen MR) is 180 cm³/mol. The van der Waals surface area contributed by atoms with Crippen LogP contribution in [0.25, 0.3) is 0 Å². The number of likely N-dealkylation sites (N-methyl/N-ethyl adjacent to an activating group) is 1. The molecule has 0 aromatic heterocycles. The van der Waals surface area contributed by atoms with Crippen LogP contribution >= 0.6 is 0 Å². The Kier molecular flexibility index (Phi) is 15.5. The molecule has 2 heterocycles. The van der Waals surface area contributed by atoms with Gasteiger partial charge in [0.15, 0.2) is 12.6 Å². The first kappa shape index (κ1) is 38.9. The second-order valence-corrected chi connectivity index (χ2v) is 13.9. The van der Waals surface area contributed by atoms with E-state index in [4.69, 9.17) is 36.1 Å². The highest BCUT2D eigenvalue weighted by molar-refractivity contribution is 5.72. The Morgan fingerprint density at radius 1 is 0.913 bits per heavy atom. The lowest BCUT2D eigenvalue weighted by molar-refractivity contribution is -0.306. The second-order valence-electron chi connectivity index (χ2n) is 13.9. The first-order chi connectivity index (χ1) is 21.7. The highest BCUT2D eigenvalue weighted by Gasteiger charge is 2.50. The van der Waals surface area contributed by atoms with Gasteiger partial charge in [0.25, 0.3) is 0 Å². The standard InChI is InChI=1S/C34H61N5O7/c1-20(2)9-7-10-21(3)11-8-12-22(4)15-16-39-18-23-13-14-24(35)32(44-23)45-29-25(36)17-26(37)30(27(29)40)46-33-28(41)31(38-6)34(5,42)19-43-33/h9,11,15-16,23-33,38,40-42H,7-8,10,12-14,17-19,35-37H2,1-6H3/b21-11+,22-15+,39-16?. The van der Waals surface area contributed by atoms with E-state index in [1.807, 2.05) is 12.3 Å². The summed E-state index contributed by atoms with van der Waals surface area (Å²) in [7, 11) is 1.63. The van der Waals surface area contributed by atoms with E-state index in [9.17, 15) is 15.3 Å². The Morgan fingerprint density at radius 3 is 2.20 bits per heavy atom. The Morgan fingerprint density at radius 2 is 1.54 bits per heavy atom. The van der Waals surface area contributed by atoms with Crippen LogP contribution in [-0.2, 0) is 18.9 Å². The average molecular weight is 652 g/mol. The van der Waals surface area contributed by atoms with Gasteiger partial charge in [-0.2, -0.15) is 0 Å². The van der Waals surface area contributed by atoms with Crippen molar-refractivity contribution in [3.8, 4) is 0 Å². The molecular formula is C34H61N5O7. The van der Waals surface area contributed by atoms with Gasteiger partial charge in [-0.1, -0.05) is 28.9 Å². The summed E-state index contributed by atoms with van der Waals surface area (Å²) in [4.78, 5) is 4.57. The molecule has 0 amide bonds. The molecule has 3 aliphatic rings. The van der Waals surface area contributed by atoms with Gasteiger partial charge in [0, 0.05) is 18.3 Å². The van der Waals surface area contributed by atoms with E-state index in [0.29, 0.717) is 19.4 Å². The first-order valence-corrected chi connectivity index (χ1v) is 16.8. The van der Waals surface area contributed by atoms with Crippen LogP contribution in [0.1, 0.15) is 79.6 Å². The number of hydrogen-bond acceptors (Lipinski definition) is 12. The zero-order chi connectivity index (χ0) is 34.0. The van der Waals surface area contributed by atoms with Crippen LogP contribution in [0.5, 0.6) is 0 Å². The Hall–Kier alpha value is -1.55. The fourth-order valence-corrected chi connectivity index (χ4v) is 6.33. The maximum atomic E-state index is 11.3. The molecule has 1 saturated carbocycles. The smallest absolute Gasteiger partial charge is 0.185 e. The van der Waals surface area contributed by atoms with Crippen LogP contribution in [0.3, 0.4) is 0 Å². The molecule has 0 aromatic rings. The van der Waals surface area contributed by atoms with Gasteiger partial charge >= 0.3 is 0 Å². The molecule has 3 fully saturated rings. The van der Waals surface area contributed by atoms with Crippen molar-refractivity contribution in [3.05, 3.63) is 34.9 Å². The van der Waals surface area contributed by atoms with E-state index < -0.39 is 66.8 Å². The third-order valence-corrected chi connectivity index (χ3v) is 9.18. The average Bonchev–Trinajstić information content (AvgIpc) is 2.97. The van der Waals surface area contributed by atoms with Crippen molar-refractivity contribution in [1.29, 1.82) is 0 Å². The lowest BCUT2D eigenvalue weighted by Gasteiger charge is -2.48. The number of aliphatic hydroxyl groups is 3. The van der Waals surface area contributed by atoms with Gasteiger partial charge < -0.3 is 56.8 Å². The summed E-state index contributed by atoms with van der Waals surface area (Å²) in [5.74, 6) is 0. The van der Waals surface area contributed by atoms with Crippen molar-refractivity contribution in [3.63, 3.8) is 0 Å². The summed E-state index contributed by atoms with van der Waals surface area (Å²) in [5, 5.41) is 35.6. The van der Waals surface area contributed by atoms with Crippen LogP contribution in [-0.4, -0.2) is 115 Å². The number of allylic oxidation sites excluding steroid dienone is 6. The third kappa shape index (κ3) is 11.3. The highest BCUT2D eigenvalue weighted by Crippen LogP contribution is 2.31. The Bertz CT molecular complexity index is 1060. The predicted octanol–water partition coefficient (Wildman–Crippen LogP) is 1.55. The number of nitrogens with two attached hydrogens (primary N) is 3. The van der Waals surface area contributed by atoms with Crippen molar-refractivity contribution in [2.45, 2.75) is 152 Å². The molecule has 12 unspecified atom stereocenters. The summed E-state index contributed by atoms with van der Waals surface area (Å²) in [6, 6.07) is -2.34. The number of ether oxygens (including phenoxy) is 4.